The van der Waals surface area contributed by atoms with Crippen molar-refractivity contribution >= 4 is 33.3 Å². The quantitative estimate of drug-likeness (QED) is 0.809. The average Bonchev–Trinajstić information content (AvgIpc) is 2.35. The van der Waals surface area contributed by atoms with E-state index in [0.717, 1.165) is 23.1 Å². The minimum atomic E-state index is 0.500. The summed E-state index contributed by atoms with van der Waals surface area (Å²) in [4.78, 5) is 4.25. The van der Waals surface area contributed by atoms with Crippen LogP contribution >= 0.6 is 27.5 Å². The zero-order valence-electron chi connectivity index (χ0n) is 10.3. The van der Waals surface area contributed by atoms with Crippen molar-refractivity contribution in [2.24, 2.45) is 0 Å². The number of rotatable bonds is 3. The highest BCUT2D eigenvalue weighted by Gasteiger charge is 2.30. The van der Waals surface area contributed by atoms with Gasteiger partial charge in [0, 0.05) is 10.5 Å². The Hall–Kier alpha value is -1.06. The Kier molecular flexibility index (Phi) is 3.76. The van der Waals surface area contributed by atoms with E-state index in [1.165, 1.54) is 5.56 Å². The number of halogens is 2. The zero-order valence-corrected chi connectivity index (χ0v) is 12.7. The lowest BCUT2D eigenvalue weighted by Crippen LogP contribution is -2.34. The van der Waals surface area contributed by atoms with Gasteiger partial charge in [0.05, 0.1) is 0 Å². The van der Waals surface area contributed by atoms with Crippen LogP contribution in [0.2, 0.25) is 5.15 Å². The second kappa shape index (κ2) is 5.51. The molecule has 1 N–H and O–H groups in total. The molecule has 4 heteroatoms. The van der Waals surface area contributed by atoms with E-state index >= 15 is 0 Å². The summed E-state index contributed by atoms with van der Waals surface area (Å²) >= 11 is 9.34. The Bertz CT molecular complexity index is 565. The van der Waals surface area contributed by atoms with Crippen molar-refractivity contribution in [2.45, 2.75) is 24.8 Å². The first-order valence-corrected chi connectivity index (χ1v) is 7.52. The van der Waals surface area contributed by atoms with Gasteiger partial charge in [-0.25, -0.2) is 4.98 Å². The highest BCUT2D eigenvalue weighted by Crippen LogP contribution is 2.38. The lowest BCUT2D eigenvalue weighted by Gasteiger charge is -2.36. The number of anilines is 1. The molecule has 19 heavy (non-hydrogen) atoms. The molecule has 0 radical (unpaired) electrons. The SMILES string of the molecule is Clc1cccc(NC2CC(c3ccc(Br)cc3)C2)n1. The summed E-state index contributed by atoms with van der Waals surface area (Å²) in [6, 6.07) is 14.8. The van der Waals surface area contributed by atoms with Crippen molar-refractivity contribution in [3.05, 3.63) is 57.7 Å². The van der Waals surface area contributed by atoms with Gasteiger partial charge in [0.25, 0.3) is 0 Å². The summed E-state index contributed by atoms with van der Waals surface area (Å²) in [5, 5.41) is 3.96. The van der Waals surface area contributed by atoms with E-state index in [1.807, 2.05) is 12.1 Å². The number of hydrogen-bond donors (Lipinski definition) is 1. The lowest BCUT2D eigenvalue weighted by molar-refractivity contribution is 0.373. The minimum Gasteiger partial charge on any atom is -0.367 e. The monoisotopic (exact) mass is 336 g/mol. The van der Waals surface area contributed by atoms with Crippen LogP contribution in [0, 0.1) is 0 Å². The molecular weight excluding hydrogens is 324 g/mol. The molecule has 0 atom stereocenters. The van der Waals surface area contributed by atoms with Crippen molar-refractivity contribution in [2.75, 3.05) is 5.32 Å². The standard InChI is InChI=1S/C15H14BrClN2/c16-12-6-4-10(5-7-12)11-8-13(9-11)18-15-3-1-2-14(17)19-15/h1-7,11,13H,8-9H2,(H,18,19). The summed E-state index contributed by atoms with van der Waals surface area (Å²) in [5.74, 6) is 1.52. The largest absolute Gasteiger partial charge is 0.367 e. The smallest absolute Gasteiger partial charge is 0.131 e. The van der Waals surface area contributed by atoms with Gasteiger partial charge < -0.3 is 5.32 Å². The zero-order chi connectivity index (χ0) is 13.2. The number of benzene rings is 1. The van der Waals surface area contributed by atoms with Gasteiger partial charge in [-0.05, 0) is 48.6 Å². The Balaban J connectivity index is 1.57. The van der Waals surface area contributed by atoms with Crippen molar-refractivity contribution in [1.82, 2.24) is 4.98 Å². The second-order valence-electron chi connectivity index (χ2n) is 4.91. The maximum Gasteiger partial charge on any atom is 0.131 e. The van der Waals surface area contributed by atoms with Crippen molar-refractivity contribution in [3.8, 4) is 0 Å². The molecule has 0 aliphatic heterocycles. The third-order valence-electron chi connectivity index (χ3n) is 3.55. The van der Waals surface area contributed by atoms with Crippen molar-refractivity contribution < 1.29 is 0 Å². The molecule has 0 unspecified atom stereocenters. The highest BCUT2D eigenvalue weighted by molar-refractivity contribution is 9.10. The number of hydrogen-bond acceptors (Lipinski definition) is 2. The molecular formula is C15H14BrClN2. The third-order valence-corrected chi connectivity index (χ3v) is 4.29. The molecule has 2 nitrogen and oxygen atoms in total. The molecule has 0 spiro atoms. The number of nitrogens with one attached hydrogen (secondary N) is 1. The second-order valence-corrected chi connectivity index (χ2v) is 6.21. The molecule has 1 aliphatic rings. The summed E-state index contributed by atoms with van der Waals surface area (Å²) < 4.78 is 1.13. The Labute approximate surface area is 126 Å². The summed E-state index contributed by atoms with van der Waals surface area (Å²) in [6.07, 6.45) is 2.30. The number of aromatic nitrogens is 1. The molecule has 1 aromatic heterocycles. The van der Waals surface area contributed by atoms with E-state index in [9.17, 15) is 0 Å². The van der Waals surface area contributed by atoms with Crippen LogP contribution in [0.25, 0.3) is 0 Å². The van der Waals surface area contributed by atoms with Crippen molar-refractivity contribution in [1.29, 1.82) is 0 Å². The first-order chi connectivity index (χ1) is 9.20. The van der Waals surface area contributed by atoms with Crippen LogP contribution in [0.3, 0.4) is 0 Å². The van der Waals surface area contributed by atoms with Crippen LogP contribution in [0.1, 0.15) is 24.3 Å². The van der Waals surface area contributed by atoms with Gasteiger partial charge >= 0.3 is 0 Å². The summed E-state index contributed by atoms with van der Waals surface area (Å²) in [5.41, 5.74) is 1.42. The maximum atomic E-state index is 5.87. The summed E-state index contributed by atoms with van der Waals surface area (Å²) in [7, 11) is 0. The van der Waals surface area contributed by atoms with Gasteiger partial charge in [-0.3, -0.25) is 0 Å². The van der Waals surface area contributed by atoms with E-state index in [-0.39, 0.29) is 0 Å². The first-order valence-electron chi connectivity index (χ1n) is 6.35. The molecule has 1 fully saturated rings. The fraction of sp³-hybridized carbons (Fsp3) is 0.267. The van der Waals surface area contributed by atoms with E-state index < -0.39 is 0 Å². The van der Waals surface area contributed by atoms with Crippen LogP contribution in [0.4, 0.5) is 5.82 Å². The van der Waals surface area contributed by atoms with Crippen LogP contribution in [0.5, 0.6) is 0 Å². The molecule has 3 rings (SSSR count). The fourth-order valence-electron chi connectivity index (χ4n) is 2.44. The average molecular weight is 338 g/mol. The van der Waals surface area contributed by atoms with E-state index in [4.69, 9.17) is 11.6 Å². The predicted octanol–water partition coefficient (Wildman–Crippen LogP) is 4.86. The molecule has 0 amide bonds. The molecule has 98 valence electrons. The highest BCUT2D eigenvalue weighted by atomic mass is 79.9. The number of pyridine rings is 1. The first kappa shape index (κ1) is 12.9. The van der Waals surface area contributed by atoms with Crippen LogP contribution in [-0.2, 0) is 0 Å². The third kappa shape index (κ3) is 3.10. The lowest BCUT2D eigenvalue weighted by atomic mass is 9.76. The van der Waals surface area contributed by atoms with Crippen LogP contribution in [0.15, 0.2) is 46.9 Å². The Morgan fingerprint density at radius 1 is 1.11 bits per heavy atom. The van der Waals surface area contributed by atoms with Crippen LogP contribution < -0.4 is 5.32 Å². The van der Waals surface area contributed by atoms with E-state index in [2.05, 4.69) is 50.5 Å². The molecule has 1 heterocycles. The molecule has 0 saturated heterocycles. The van der Waals surface area contributed by atoms with E-state index in [1.54, 1.807) is 6.07 Å². The van der Waals surface area contributed by atoms with Gasteiger partial charge in [0.15, 0.2) is 0 Å². The summed E-state index contributed by atoms with van der Waals surface area (Å²) in [6.45, 7) is 0. The Morgan fingerprint density at radius 2 is 1.84 bits per heavy atom. The normalized spacial score (nSPS) is 21.8. The Morgan fingerprint density at radius 3 is 2.53 bits per heavy atom. The number of nitrogens with zero attached hydrogens (tertiary/aromatic N) is 1. The van der Waals surface area contributed by atoms with Gasteiger partial charge in [0.2, 0.25) is 0 Å². The maximum absolute atomic E-state index is 5.87. The van der Waals surface area contributed by atoms with Gasteiger partial charge in [-0.15, -0.1) is 0 Å². The van der Waals surface area contributed by atoms with Gasteiger partial charge in [0.1, 0.15) is 11.0 Å². The molecule has 1 saturated carbocycles. The van der Waals surface area contributed by atoms with Gasteiger partial charge in [-0.2, -0.15) is 0 Å². The predicted molar refractivity (Wildman–Crippen MR) is 82.8 cm³/mol. The van der Waals surface area contributed by atoms with Gasteiger partial charge in [-0.1, -0.05) is 45.7 Å². The van der Waals surface area contributed by atoms with Crippen molar-refractivity contribution in [3.63, 3.8) is 0 Å². The molecule has 1 aliphatic carbocycles. The molecule has 0 bridgehead atoms. The molecule has 2 aromatic rings. The topological polar surface area (TPSA) is 24.9 Å². The van der Waals surface area contributed by atoms with E-state index in [0.29, 0.717) is 17.1 Å². The van der Waals surface area contributed by atoms with Crippen LogP contribution in [-0.4, -0.2) is 11.0 Å². The molecule has 1 aromatic carbocycles. The minimum absolute atomic E-state index is 0.500. The fourth-order valence-corrected chi connectivity index (χ4v) is 2.87.